The van der Waals surface area contributed by atoms with Crippen LogP contribution in [0.1, 0.15) is 64.5 Å². The number of carboxylic acid groups (broad SMARTS) is 2. The van der Waals surface area contributed by atoms with Crippen molar-refractivity contribution in [2.45, 2.75) is 76.5 Å². The van der Waals surface area contributed by atoms with E-state index in [2.05, 4.69) is 42.5 Å². The third-order valence-electron chi connectivity index (χ3n) is 11.9. The molecule has 18 heteroatoms. The van der Waals surface area contributed by atoms with Crippen molar-refractivity contribution in [2.24, 2.45) is 23.3 Å². The number of hydrogen-bond donors (Lipinski definition) is 6. The van der Waals surface area contributed by atoms with E-state index in [9.17, 15) is 43.4 Å². The fourth-order valence-corrected chi connectivity index (χ4v) is 10.1. The number of amides is 6. The van der Waals surface area contributed by atoms with E-state index >= 15 is 0 Å². The summed E-state index contributed by atoms with van der Waals surface area (Å²) in [5.74, 6) is -3.89. The number of rotatable bonds is 13. The standard InChI is InChI=1S/C44H48Br2FN7O8/c1-23(2)33(50-41(59)60)37(55)52-21-5-19-43(52,39(48)57)27-11-7-25(8-12-27)35-31(45)32(46)36(54(35)30-17-15-29(47)16-18-30)26-9-13-28(14-10-26)44(40(49)58)20-6-22-53(44)38(56)34(24(3)4)51-42(61)62/h7-18,23-24,33-34,50-51H,5-6,19-22H2,1-4H3,(H2,48,57)(H2,49,58)(H,59,60)(H,61,62)/t33-,34-,43-,44-/m0/s1. The van der Waals surface area contributed by atoms with E-state index in [1.165, 1.54) is 21.9 Å². The number of likely N-dealkylation sites (tertiary alicyclic amines) is 2. The fourth-order valence-electron chi connectivity index (χ4n) is 8.94. The Labute approximate surface area is 374 Å². The van der Waals surface area contributed by atoms with Crippen molar-refractivity contribution in [2.75, 3.05) is 13.1 Å². The van der Waals surface area contributed by atoms with Crippen LogP contribution < -0.4 is 22.1 Å². The van der Waals surface area contributed by atoms with Crippen LogP contribution in [-0.4, -0.2) is 85.6 Å². The molecule has 328 valence electrons. The fraction of sp³-hybridized carbons (Fsp3) is 0.364. The second kappa shape index (κ2) is 17.9. The van der Waals surface area contributed by atoms with E-state index in [0.29, 0.717) is 61.1 Å². The molecule has 0 spiro atoms. The molecular weight excluding hydrogens is 933 g/mol. The highest BCUT2D eigenvalue weighted by molar-refractivity contribution is 9.13. The van der Waals surface area contributed by atoms with Gasteiger partial charge in [0.15, 0.2) is 0 Å². The number of halogens is 3. The summed E-state index contributed by atoms with van der Waals surface area (Å²) in [5.41, 5.74) is 13.1. The molecule has 0 bridgehead atoms. The van der Waals surface area contributed by atoms with Gasteiger partial charge in [0.1, 0.15) is 29.0 Å². The minimum Gasteiger partial charge on any atom is -0.465 e. The van der Waals surface area contributed by atoms with Crippen LogP contribution in [0.4, 0.5) is 14.0 Å². The Bertz CT molecular complexity index is 2270. The number of benzene rings is 3. The lowest BCUT2D eigenvalue weighted by Crippen LogP contribution is -2.59. The lowest BCUT2D eigenvalue weighted by atomic mass is 9.85. The first kappa shape index (κ1) is 45.8. The number of carbonyl (C=O) groups excluding carboxylic acids is 4. The molecule has 8 N–H and O–H groups in total. The molecule has 2 fully saturated rings. The van der Waals surface area contributed by atoms with Crippen molar-refractivity contribution in [3.8, 4) is 28.2 Å². The average Bonchev–Trinajstić information content (AvgIpc) is 3.95. The van der Waals surface area contributed by atoms with E-state index < -0.39 is 76.6 Å². The number of nitrogens with zero attached hydrogens (tertiary/aromatic N) is 3. The molecule has 15 nitrogen and oxygen atoms in total. The molecule has 3 heterocycles. The van der Waals surface area contributed by atoms with Gasteiger partial charge in [0.2, 0.25) is 23.6 Å². The predicted molar refractivity (Wildman–Crippen MR) is 235 cm³/mol. The zero-order valence-electron chi connectivity index (χ0n) is 34.5. The van der Waals surface area contributed by atoms with Gasteiger partial charge in [-0.3, -0.25) is 19.2 Å². The van der Waals surface area contributed by atoms with Gasteiger partial charge < -0.3 is 46.7 Å². The first-order chi connectivity index (χ1) is 29.3. The number of primary amides is 2. The van der Waals surface area contributed by atoms with E-state index in [1.807, 2.05) is 4.57 Å². The van der Waals surface area contributed by atoms with Gasteiger partial charge in [0.05, 0.1) is 20.3 Å². The number of nitrogens with two attached hydrogens (primary N) is 2. The zero-order valence-corrected chi connectivity index (χ0v) is 37.6. The van der Waals surface area contributed by atoms with Gasteiger partial charge in [-0.25, -0.2) is 14.0 Å². The molecule has 1 aromatic heterocycles. The van der Waals surface area contributed by atoms with E-state index in [0.717, 1.165) is 0 Å². The Morgan fingerprint density at radius 3 is 1.29 bits per heavy atom. The molecule has 0 aliphatic carbocycles. The number of hydrogen-bond acceptors (Lipinski definition) is 6. The molecule has 62 heavy (non-hydrogen) atoms. The maximum absolute atomic E-state index is 14.4. The van der Waals surface area contributed by atoms with Gasteiger partial charge in [-0.05, 0) is 116 Å². The van der Waals surface area contributed by atoms with Crippen LogP contribution in [0, 0.1) is 17.7 Å². The lowest BCUT2D eigenvalue weighted by molar-refractivity contribution is -0.146. The molecule has 3 aromatic carbocycles. The Kier molecular flexibility index (Phi) is 13.2. The van der Waals surface area contributed by atoms with Crippen molar-refractivity contribution in [1.29, 1.82) is 0 Å². The molecule has 0 radical (unpaired) electrons. The van der Waals surface area contributed by atoms with Crippen LogP contribution in [0.25, 0.3) is 28.2 Å². The summed E-state index contributed by atoms with van der Waals surface area (Å²) in [5, 5.41) is 23.5. The number of carbonyl (C=O) groups is 6. The SMILES string of the molecule is CC(C)[C@H](NC(=O)O)C(=O)N1CCC[C@@]1(C(N)=O)c1ccc(-c2c(Br)c(Br)c(-c3ccc([C@]4(C(N)=O)CCCN4C(=O)[C@@H](NC(=O)O)C(C)C)cc3)n2-c2ccc(F)cc2)cc1. The summed E-state index contributed by atoms with van der Waals surface area (Å²) >= 11 is 7.56. The van der Waals surface area contributed by atoms with Gasteiger partial charge in [-0.2, -0.15) is 0 Å². The normalized spacial score (nSPS) is 19.7. The summed E-state index contributed by atoms with van der Waals surface area (Å²) in [6, 6.07) is 17.6. The molecule has 2 aliphatic heterocycles. The maximum Gasteiger partial charge on any atom is 0.405 e. The van der Waals surface area contributed by atoms with Crippen molar-refractivity contribution in [3.05, 3.63) is 98.7 Å². The summed E-state index contributed by atoms with van der Waals surface area (Å²) in [6.45, 7) is 7.22. The Morgan fingerprint density at radius 2 is 0.984 bits per heavy atom. The van der Waals surface area contributed by atoms with Crippen LogP contribution in [-0.2, 0) is 30.3 Å². The molecule has 2 aliphatic rings. The molecule has 4 atom stereocenters. The minimum atomic E-state index is -1.54. The lowest BCUT2D eigenvalue weighted by Gasteiger charge is -2.39. The van der Waals surface area contributed by atoms with Crippen LogP contribution in [0.15, 0.2) is 81.7 Å². The Hall–Kier alpha value is -5.75. The highest BCUT2D eigenvalue weighted by atomic mass is 79.9. The second-order valence-electron chi connectivity index (χ2n) is 16.3. The molecule has 6 amide bonds. The van der Waals surface area contributed by atoms with Crippen molar-refractivity contribution < 1.29 is 43.4 Å². The first-order valence-electron chi connectivity index (χ1n) is 20.1. The highest BCUT2D eigenvalue weighted by Crippen LogP contribution is 2.48. The van der Waals surface area contributed by atoms with Gasteiger partial charge in [0.25, 0.3) is 0 Å². The van der Waals surface area contributed by atoms with Crippen molar-refractivity contribution in [1.82, 2.24) is 25.0 Å². The van der Waals surface area contributed by atoms with E-state index in [-0.39, 0.29) is 25.9 Å². The molecule has 4 aromatic rings. The molecule has 0 unspecified atom stereocenters. The van der Waals surface area contributed by atoms with E-state index in [1.54, 1.807) is 88.4 Å². The maximum atomic E-state index is 14.4. The molecule has 0 saturated carbocycles. The van der Waals surface area contributed by atoms with Crippen molar-refractivity contribution in [3.63, 3.8) is 0 Å². The predicted octanol–water partition coefficient (Wildman–Crippen LogP) is 6.67. The average molecular weight is 982 g/mol. The van der Waals surface area contributed by atoms with Gasteiger partial charge >= 0.3 is 12.2 Å². The van der Waals surface area contributed by atoms with Crippen molar-refractivity contribution >= 4 is 67.7 Å². The molecular formula is C44H48Br2FN7O8. The summed E-state index contributed by atoms with van der Waals surface area (Å²) < 4.78 is 17.5. The first-order valence-corrected chi connectivity index (χ1v) is 21.7. The molecule has 2 saturated heterocycles. The Balaban J connectivity index is 1.44. The van der Waals surface area contributed by atoms with Crippen LogP contribution in [0.5, 0.6) is 0 Å². The van der Waals surface area contributed by atoms with E-state index in [4.69, 9.17) is 11.5 Å². The minimum absolute atomic E-state index is 0.192. The summed E-state index contributed by atoms with van der Waals surface area (Å²) in [7, 11) is 0. The number of aromatic nitrogens is 1. The van der Waals surface area contributed by atoms with Gasteiger partial charge in [0, 0.05) is 18.8 Å². The zero-order chi connectivity index (χ0) is 45.4. The number of nitrogens with one attached hydrogen (secondary N) is 2. The smallest absolute Gasteiger partial charge is 0.405 e. The van der Waals surface area contributed by atoms with Crippen LogP contribution >= 0.6 is 31.9 Å². The summed E-state index contributed by atoms with van der Waals surface area (Å²) in [4.78, 5) is 80.7. The largest absolute Gasteiger partial charge is 0.465 e. The monoisotopic (exact) mass is 979 g/mol. The van der Waals surface area contributed by atoms with Gasteiger partial charge in [-0.15, -0.1) is 0 Å². The Morgan fingerprint density at radius 1 is 0.629 bits per heavy atom. The highest BCUT2D eigenvalue weighted by Gasteiger charge is 2.53. The molecule has 6 rings (SSSR count). The topological polar surface area (TPSA) is 230 Å². The van der Waals surface area contributed by atoms with Crippen LogP contribution in [0.3, 0.4) is 0 Å². The summed E-state index contributed by atoms with van der Waals surface area (Å²) in [6.07, 6.45) is -1.36. The van der Waals surface area contributed by atoms with Gasteiger partial charge in [-0.1, -0.05) is 76.2 Å². The second-order valence-corrected chi connectivity index (χ2v) is 17.9. The third kappa shape index (κ3) is 8.05. The quantitative estimate of drug-likeness (QED) is 0.0846. The third-order valence-corrected chi connectivity index (χ3v) is 14.0. The van der Waals surface area contributed by atoms with Crippen LogP contribution in [0.2, 0.25) is 0 Å².